The standard InChI is InChI=1S/C22H21ClN4O4S3/c23-17-10-9-16(13-19(17)34(30,31)27-11-5-2-6-12-27)20(29)24-21-25-26-22(33-21)32-14-18(28)15-7-3-1-4-8-15/h1,3-4,7-10,13H,2,5-6,11-12,14H2,(H,24,25,29). The number of halogens is 1. The first-order chi connectivity index (χ1) is 16.3. The molecule has 34 heavy (non-hydrogen) atoms. The molecule has 8 nitrogen and oxygen atoms in total. The largest absolute Gasteiger partial charge is 0.296 e. The maximum atomic E-state index is 13.0. The van der Waals surface area contributed by atoms with E-state index < -0.39 is 15.9 Å². The lowest BCUT2D eigenvalue weighted by Gasteiger charge is -2.26. The van der Waals surface area contributed by atoms with E-state index in [0.717, 1.165) is 30.6 Å². The van der Waals surface area contributed by atoms with Gasteiger partial charge in [0.25, 0.3) is 5.91 Å². The molecule has 1 aromatic heterocycles. The normalized spacial score (nSPS) is 14.6. The van der Waals surface area contributed by atoms with Gasteiger partial charge in [-0.15, -0.1) is 10.2 Å². The third kappa shape index (κ3) is 5.84. The molecule has 0 atom stereocenters. The van der Waals surface area contributed by atoms with Crippen molar-refractivity contribution in [3.63, 3.8) is 0 Å². The zero-order valence-electron chi connectivity index (χ0n) is 17.9. The van der Waals surface area contributed by atoms with E-state index >= 15 is 0 Å². The number of nitrogens with zero attached hydrogens (tertiary/aromatic N) is 3. The lowest BCUT2D eigenvalue weighted by molar-refractivity contribution is 0.101. The molecule has 0 unspecified atom stereocenters. The predicted octanol–water partition coefficient (Wildman–Crippen LogP) is 4.59. The van der Waals surface area contributed by atoms with Crippen LogP contribution in [0, 0.1) is 0 Å². The number of carbonyl (C=O) groups excluding carboxylic acids is 2. The highest BCUT2D eigenvalue weighted by atomic mass is 35.5. The number of Topliss-reactive ketones (excluding diaryl/α,β-unsaturated/α-hetero) is 1. The van der Waals surface area contributed by atoms with E-state index in [1.165, 1.54) is 34.3 Å². The van der Waals surface area contributed by atoms with Gasteiger partial charge in [-0.1, -0.05) is 71.5 Å². The number of sulfonamides is 1. The average molecular weight is 537 g/mol. The lowest BCUT2D eigenvalue weighted by atomic mass is 10.2. The Labute approximate surface area is 210 Å². The smallest absolute Gasteiger partial charge is 0.257 e. The van der Waals surface area contributed by atoms with Crippen LogP contribution in [0.25, 0.3) is 0 Å². The summed E-state index contributed by atoms with van der Waals surface area (Å²) < 4.78 is 28.0. The molecule has 0 saturated carbocycles. The van der Waals surface area contributed by atoms with E-state index in [2.05, 4.69) is 15.5 Å². The molecule has 0 bridgehead atoms. The fraction of sp³-hybridized carbons (Fsp3) is 0.273. The van der Waals surface area contributed by atoms with Crippen LogP contribution in [0.3, 0.4) is 0 Å². The summed E-state index contributed by atoms with van der Waals surface area (Å²) in [6.45, 7) is 0.875. The molecule has 1 saturated heterocycles. The van der Waals surface area contributed by atoms with Crippen LogP contribution in [0.2, 0.25) is 5.02 Å². The van der Waals surface area contributed by atoms with Crippen LogP contribution < -0.4 is 5.32 Å². The molecule has 2 aromatic carbocycles. The van der Waals surface area contributed by atoms with Crippen molar-refractivity contribution in [2.24, 2.45) is 0 Å². The lowest BCUT2D eigenvalue weighted by Crippen LogP contribution is -2.35. The Morgan fingerprint density at radius 3 is 2.50 bits per heavy atom. The van der Waals surface area contributed by atoms with Gasteiger partial charge in [0.05, 0.1) is 10.8 Å². The summed E-state index contributed by atoms with van der Waals surface area (Å²) in [6, 6.07) is 13.1. The van der Waals surface area contributed by atoms with E-state index in [1.54, 1.807) is 24.3 Å². The van der Waals surface area contributed by atoms with Crippen molar-refractivity contribution in [2.45, 2.75) is 28.5 Å². The molecule has 178 valence electrons. The number of hydrogen-bond donors (Lipinski definition) is 1. The number of amides is 1. The second-order valence-corrected chi connectivity index (χ2v) is 12.0. The quantitative estimate of drug-likeness (QED) is 0.254. The maximum Gasteiger partial charge on any atom is 0.257 e. The van der Waals surface area contributed by atoms with Gasteiger partial charge in [-0.3, -0.25) is 14.9 Å². The molecule has 12 heteroatoms. The summed E-state index contributed by atoms with van der Waals surface area (Å²) in [7, 11) is -3.80. The first kappa shape index (κ1) is 24.8. The highest BCUT2D eigenvalue weighted by molar-refractivity contribution is 8.01. The van der Waals surface area contributed by atoms with Gasteiger partial charge in [0.1, 0.15) is 4.90 Å². The summed E-state index contributed by atoms with van der Waals surface area (Å²) in [4.78, 5) is 24.9. The molecular weight excluding hydrogens is 516 g/mol. The Bertz CT molecular complexity index is 1290. The van der Waals surface area contributed by atoms with Gasteiger partial charge in [-0.2, -0.15) is 4.31 Å². The second kappa shape index (κ2) is 11.0. The van der Waals surface area contributed by atoms with Crippen molar-refractivity contribution >= 4 is 61.5 Å². The molecule has 1 N–H and O–H groups in total. The average Bonchev–Trinajstić information content (AvgIpc) is 3.31. The van der Waals surface area contributed by atoms with Crippen LogP contribution in [0.4, 0.5) is 5.13 Å². The van der Waals surface area contributed by atoms with Crippen molar-refractivity contribution < 1.29 is 18.0 Å². The number of thioether (sulfide) groups is 1. The number of aromatic nitrogens is 2. The summed E-state index contributed by atoms with van der Waals surface area (Å²) >= 11 is 8.55. The first-order valence-electron chi connectivity index (χ1n) is 10.5. The van der Waals surface area contributed by atoms with E-state index in [4.69, 9.17) is 11.6 Å². The number of rotatable bonds is 8. The van der Waals surface area contributed by atoms with Gasteiger partial charge in [-0.25, -0.2) is 8.42 Å². The number of benzene rings is 2. The highest BCUT2D eigenvalue weighted by Crippen LogP contribution is 2.29. The number of nitrogens with one attached hydrogen (secondary N) is 1. The van der Waals surface area contributed by atoms with E-state index in [9.17, 15) is 18.0 Å². The van der Waals surface area contributed by atoms with Crippen molar-refractivity contribution in [3.05, 3.63) is 64.7 Å². The van der Waals surface area contributed by atoms with Crippen molar-refractivity contribution in [1.29, 1.82) is 0 Å². The zero-order chi connectivity index (χ0) is 24.1. The number of hydrogen-bond acceptors (Lipinski definition) is 8. The molecule has 1 amide bonds. The molecule has 1 fully saturated rings. The Morgan fingerprint density at radius 2 is 1.76 bits per heavy atom. The Balaban J connectivity index is 1.42. The minimum absolute atomic E-state index is 0.0324. The van der Waals surface area contributed by atoms with Gasteiger partial charge in [0.2, 0.25) is 15.2 Å². The summed E-state index contributed by atoms with van der Waals surface area (Å²) in [5.74, 6) is -0.364. The van der Waals surface area contributed by atoms with Gasteiger partial charge < -0.3 is 0 Å². The van der Waals surface area contributed by atoms with Crippen LogP contribution in [0.1, 0.15) is 40.0 Å². The molecule has 1 aliphatic heterocycles. The SMILES string of the molecule is O=C(CSc1nnc(NC(=O)c2ccc(Cl)c(S(=O)(=O)N3CCCCC3)c2)s1)c1ccccc1. The first-order valence-corrected chi connectivity index (χ1v) is 14.1. The summed E-state index contributed by atoms with van der Waals surface area (Å²) in [5.41, 5.74) is 0.759. The maximum absolute atomic E-state index is 13.0. The molecule has 0 aliphatic carbocycles. The van der Waals surface area contributed by atoms with Gasteiger partial charge in [0.15, 0.2) is 10.1 Å². The third-order valence-corrected chi connectivity index (χ3v) is 9.53. The molecule has 3 aromatic rings. The van der Waals surface area contributed by atoms with Gasteiger partial charge >= 0.3 is 0 Å². The number of ketones is 1. The Hall–Kier alpha value is -2.31. The second-order valence-electron chi connectivity index (χ2n) is 7.52. The zero-order valence-corrected chi connectivity index (χ0v) is 21.1. The number of anilines is 1. The molecule has 4 rings (SSSR count). The minimum atomic E-state index is -3.80. The molecule has 2 heterocycles. The van der Waals surface area contributed by atoms with Crippen molar-refractivity contribution in [1.82, 2.24) is 14.5 Å². The minimum Gasteiger partial charge on any atom is -0.296 e. The van der Waals surface area contributed by atoms with Crippen LogP contribution in [0.15, 0.2) is 57.8 Å². The number of carbonyl (C=O) groups is 2. The van der Waals surface area contributed by atoms with Crippen LogP contribution in [-0.2, 0) is 10.0 Å². The summed E-state index contributed by atoms with van der Waals surface area (Å²) in [6.07, 6.45) is 2.58. The highest BCUT2D eigenvalue weighted by Gasteiger charge is 2.29. The van der Waals surface area contributed by atoms with Crippen molar-refractivity contribution in [3.8, 4) is 0 Å². The Morgan fingerprint density at radius 1 is 1.03 bits per heavy atom. The van der Waals surface area contributed by atoms with Gasteiger partial charge in [-0.05, 0) is 31.0 Å². The fourth-order valence-corrected chi connectivity index (χ4v) is 7.07. The molecular formula is C22H21ClN4O4S3. The van der Waals surface area contributed by atoms with E-state index in [0.29, 0.717) is 23.0 Å². The van der Waals surface area contributed by atoms with Gasteiger partial charge in [0, 0.05) is 24.2 Å². The third-order valence-electron chi connectivity index (χ3n) is 5.18. The molecule has 0 spiro atoms. The fourth-order valence-electron chi connectivity index (χ4n) is 3.41. The molecule has 1 aliphatic rings. The topological polar surface area (TPSA) is 109 Å². The Kier molecular flexibility index (Phi) is 7.99. The van der Waals surface area contributed by atoms with Crippen molar-refractivity contribution in [2.75, 3.05) is 24.2 Å². The van der Waals surface area contributed by atoms with Crippen LogP contribution >= 0.6 is 34.7 Å². The van der Waals surface area contributed by atoms with Crippen LogP contribution in [-0.4, -0.2) is 53.5 Å². The molecule has 0 radical (unpaired) electrons. The van der Waals surface area contributed by atoms with E-state index in [1.807, 2.05) is 6.07 Å². The number of piperidine rings is 1. The predicted molar refractivity (Wildman–Crippen MR) is 133 cm³/mol. The monoisotopic (exact) mass is 536 g/mol. The van der Waals surface area contributed by atoms with E-state index in [-0.39, 0.29) is 32.1 Å². The van der Waals surface area contributed by atoms with Crippen LogP contribution in [0.5, 0.6) is 0 Å². The summed E-state index contributed by atoms with van der Waals surface area (Å²) in [5, 5.41) is 10.9.